The van der Waals surface area contributed by atoms with Crippen LogP contribution in [0.5, 0.6) is 5.75 Å². The van der Waals surface area contributed by atoms with Gasteiger partial charge in [-0.25, -0.2) is 14.4 Å². The molecule has 2 amide bonds. The molecule has 0 radical (unpaired) electrons. The summed E-state index contributed by atoms with van der Waals surface area (Å²) < 4.78 is 16.9. The molecule has 4 atom stereocenters. The van der Waals surface area contributed by atoms with Gasteiger partial charge in [-0.2, -0.15) is 0 Å². The molecule has 278 valence electrons. The number of aromatic hydroxyl groups is 1. The molecule has 0 unspecified atom stereocenters. The molecule has 0 aliphatic heterocycles. The molecule has 0 saturated carbocycles. The number of esters is 2. The van der Waals surface area contributed by atoms with Crippen LogP contribution in [0.25, 0.3) is 6.08 Å². The highest BCUT2D eigenvalue weighted by Gasteiger charge is 2.36. The van der Waals surface area contributed by atoms with Crippen molar-refractivity contribution >= 4 is 36.0 Å². The van der Waals surface area contributed by atoms with Gasteiger partial charge in [0.2, 0.25) is 5.91 Å². The van der Waals surface area contributed by atoms with Crippen molar-refractivity contribution in [3.05, 3.63) is 84.0 Å². The number of phenols is 1. The van der Waals surface area contributed by atoms with Gasteiger partial charge in [-0.3, -0.25) is 9.59 Å². The van der Waals surface area contributed by atoms with Crippen LogP contribution in [-0.2, 0) is 33.4 Å². The Morgan fingerprint density at radius 3 is 2.08 bits per heavy atom. The second kappa shape index (κ2) is 19.3. The van der Waals surface area contributed by atoms with Crippen LogP contribution in [0.2, 0.25) is 0 Å². The number of nitrogens with one attached hydrogen (secondary N) is 2. The Morgan fingerprint density at radius 2 is 1.51 bits per heavy atom. The topological polar surface area (TPSA) is 178 Å². The van der Waals surface area contributed by atoms with Crippen LogP contribution >= 0.6 is 0 Å². The van der Waals surface area contributed by atoms with Crippen molar-refractivity contribution in [1.82, 2.24) is 10.6 Å². The summed E-state index contributed by atoms with van der Waals surface area (Å²) in [6, 6.07) is 13.6. The minimum absolute atomic E-state index is 0.0468. The summed E-state index contributed by atoms with van der Waals surface area (Å²) in [4.78, 5) is 63.8. The maximum atomic E-state index is 13.7. The van der Waals surface area contributed by atoms with E-state index < -0.39 is 59.2 Å². The summed E-state index contributed by atoms with van der Waals surface area (Å²) in [5.74, 6) is -3.93. The zero-order valence-corrected chi connectivity index (χ0v) is 30.7. The Balaban J connectivity index is 2.23. The predicted octanol–water partition coefficient (Wildman–Crippen LogP) is 6.35. The molecule has 0 aliphatic carbocycles. The number of hydrogen-bond acceptors (Lipinski definition) is 9. The molecule has 2 aromatic rings. The molecular formula is C39H52N2O10. The number of carbonyl (C=O) groups is 5. The zero-order valence-electron chi connectivity index (χ0n) is 30.7. The third-order valence-electron chi connectivity index (χ3n) is 7.47. The van der Waals surface area contributed by atoms with Gasteiger partial charge in [0.1, 0.15) is 17.5 Å². The van der Waals surface area contributed by atoms with Crippen molar-refractivity contribution in [3.63, 3.8) is 0 Å². The normalized spacial score (nSPS) is 14.4. The Bertz CT molecular complexity index is 1530. The van der Waals surface area contributed by atoms with Crippen molar-refractivity contribution in [2.24, 2.45) is 17.3 Å². The van der Waals surface area contributed by atoms with Crippen LogP contribution in [0.1, 0.15) is 85.4 Å². The summed E-state index contributed by atoms with van der Waals surface area (Å²) in [7, 11) is 0. The number of hydrogen-bond donors (Lipinski definition) is 4. The van der Waals surface area contributed by atoms with Crippen LogP contribution in [0.15, 0.2) is 72.8 Å². The first-order chi connectivity index (χ1) is 23.8. The predicted molar refractivity (Wildman–Crippen MR) is 192 cm³/mol. The van der Waals surface area contributed by atoms with Crippen LogP contribution in [0.4, 0.5) is 4.79 Å². The molecule has 51 heavy (non-hydrogen) atoms. The highest BCUT2D eigenvalue weighted by atomic mass is 16.6. The van der Waals surface area contributed by atoms with Gasteiger partial charge in [0, 0.05) is 18.9 Å². The lowest BCUT2D eigenvalue weighted by molar-refractivity contribution is -0.178. The maximum absolute atomic E-state index is 13.7. The third kappa shape index (κ3) is 15.5. The molecule has 4 N–H and O–H groups in total. The summed E-state index contributed by atoms with van der Waals surface area (Å²) in [5, 5.41) is 24.2. The van der Waals surface area contributed by atoms with Gasteiger partial charge in [-0.1, -0.05) is 81.5 Å². The number of alkyl carbamates (subject to hydrolysis) is 1. The van der Waals surface area contributed by atoms with Gasteiger partial charge in [-0.15, -0.1) is 0 Å². The summed E-state index contributed by atoms with van der Waals surface area (Å²) in [6.45, 7) is 13.8. The summed E-state index contributed by atoms with van der Waals surface area (Å²) >= 11 is 0. The lowest BCUT2D eigenvalue weighted by atomic mass is 9.93. The lowest BCUT2D eigenvalue weighted by Crippen LogP contribution is -2.44. The Hall–Kier alpha value is -5.13. The van der Waals surface area contributed by atoms with Crippen molar-refractivity contribution in [2.75, 3.05) is 6.54 Å². The van der Waals surface area contributed by atoms with Gasteiger partial charge in [0.05, 0.1) is 5.41 Å². The lowest BCUT2D eigenvalue weighted by Gasteiger charge is -2.29. The second-order valence-electron chi connectivity index (χ2n) is 14.4. The molecule has 2 rings (SSSR count). The second-order valence-corrected chi connectivity index (χ2v) is 14.4. The highest BCUT2D eigenvalue weighted by Crippen LogP contribution is 2.23. The van der Waals surface area contributed by atoms with Crippen LogP contribution in [-0.4, -0.2) is 64.5 Å². The van der Waals surface area contributed by atoms with Crippen molar-refractivity contribution in [3.8, 4) is 5.75 Å². The van der Waals surface area contributed by atoms with E-state index in [4.69, 9.17) is 14.2 Å². The quantitative estimate of drug-likeness (QED) is 0.0823. The fourth-order valence-electron chi connectivity index (χ4n) is 4.59. The highest BCUT2D eigenvalue weighted by molar-refractivity contribution is 5.91. The Morgan fingerprint density at radius 1 is 0.882 bits per heavy atom. The molecule has 2 aromatic carbocycles. The van der Waals surface area contributed by atoms with E-state index in [1.165, 1.54) is 30.3 Å². The largest absolute Gasteiger partial charge is 0.508 e. The van der Waals surface area contributed by atoms with Crippen LogP contribution in [0.3, 0.4) is 0 Å². The number of amides is 2. The van der Waals surface area contributed by atoms with E-state index >= 15 is 0 Å². The van der Waals surface area contributed by atoms with Crippen LogP contribution in [0, 0.1) is 17.3 Å². The average Bonchev–Trinajstić information content (AvgIpc) is 3.04. The number of aliphatic carboxylic acids is 1. The van der Waals surface area contributed by atoms with Crippen molar-refractivity contribution < 1.29 is 48.4 Å². The number of carboxylic acid groups (broad SMARTS) is 1. The molecule has 12 nitrogen and oxygen atoms in total. The molecule has 0 heterocycles. The van der Waals surface area contributed by atoms with Gasteiger partial charge >= 0.3 is 24.0 Å². The summed E-state index contributed by atoms with van der Waals surface area (Å²) in [5.41, 5.74) is -0.740. The van der Waals surface area contributed by atoms with E-state index in [0.29, 0.717) is 0 Å². The molecule has 0 aliphatic rings. The molecule has 12 heteroatoms. The minimum Gasteiger partial charge on any atom is -0.508 e. The molecule has 0 spiro atoms. The first-order valence-electron chi connectivity index (χ1n) is 16.9. The smallest absolute Gasteiger partial charge is 0.407 e. The number of carbonyl (C=O) groups excluding carboxylic acids is 4. The number of ether oxygens (including phenoxy) is 3. The number of rotatable bonds is 17. The number of phenolic OH excluding ortho intramolecular Hbond substituents is 1. The fraction of sp³-hybridized carbons (Fsp3) is 0.462. The number of benzene rings is 2. The molecule has 0 aromatic heterocycles. The maximum Gasteiger partial charge on any atom is 0.407 e. The monoisotopic (exact) mass is 708 g/mol. The first kappa shape index (κ1) is 42.0. The van der Waals surface area contributed by atoms with E-state index in [0.717, 1.165) is 11.6 Å². The standard InChI is InChI=1S/C39H52N2O10/c1-25(2)23-31(50-36(47)39(7,8)24-40-37(48)51-38(4,5)6)35(46)49-30(26(3)17-18-27-13-10-9-11-14-27)15-12-16-32(43)41-33(34(44)45)28-19-21-29(42)22-20-28/h9-14,16-22,25-26,30-31,33,42H,15,23-24H2,1-8H3,(H,40,48)(H,41,43)(H,44,45)/t26-,30+,31+,33-/m1/s1. The fourth-order valence-corrected chi connectivity index (χ4v) is 4.59. The Labute approximate surface area is 300 Å². The van der Waals surface area contributed by atoms with Crippen LogP contribution < -0.4 is 10.6 Å². The molecular weight excluding hydrogens is 656 g/mol. The molecule has 0 fully saturated rings. The molecule has 0 bridgehead atoms. The average molecular weight is 709 g/mol. The van der Waals surface area contributed by atoms with E-state index in [2.05, 4.69) is 10.6 Å². The number of carboxylic acids is 1. The van der Waals surface area contributed by atoms with E-state index in [9.17, 15) is 34.2 Å². The first-order valence-corrected chi connectivity index (χ1v) is 16.9. The van der Waals surface area contributed by atoms with E-state index in [-0.39, 0.29) is 42.5 Å². The van der Waals surface area contributed by atoms with Gasteiger partial charge in [0.25, 0.3) is 0 Å². The van der Waals surface area contributed by atoms with E-state index in [1.807, 2.05) is 63.3 Å². The van der Waals surface area contributed by atoms with Crippen molar-refractivity contribution in [2.45, 2.75) is 92.1 Å². The van der Waals surface area contributed by atoms with E-state index in [1.54, 1.807) is 34.6 Å². The zero-order chi connectivity index (χ0) is 38.4. The third-order valence-corrected chi connectivity index (χ3v) is 7.47. The Kier molecular flexibility index (Phi) is 15.9. The SMILES string of the molecule is CC(C)C[C@H](OC(=O)C(C)(C)CNC(=O)OC(C)(C)C)C(=O)O[C@@H](CC=CC(=O)N[C@@H](C(=O)O)c1ccc(O)cc1)[C@H](C)C=Cc1ccccc1. The summed E-state index contributed by atoms with van der Waals surface area (Å²) in [6.07, 6.45) is 3.88. The molecule has 0 saturated heterocycles. The van der Waals surface area contributed by atoms with Crippen molar-refractivity contribution in [1.29, 1.82) is 0 Å². The van der Waals surface area contributed by atoms with Gasteiger partial charge in [0.15, 0.2) is 12.1 Å². The van der Waals surface area contributed by atoms with Gasteiger partial charge in [-0.05, 0) is 76.3 Å². The minimum atomic E-state index is -1.36. The van der Waals surface area contributed by atoms with Gasteiger partial charge < -0.3 is 35.1 Å².